The summed E-state index contributed by atoms with van der Waals surface area (Å²) in [5, 5.41) is 7.93. The predicted octanol–water partition coefficient (Wildman–Crippen LogP) is 4.10. The SMILES string of the molecule is CC(C)(C)C1CCCCC1NC1CCCC1C1CCCN1. The van der Waals surface area contributed by atoms with Crippen LogP contribution in [-0.4, -0.2) is 24.7 Å². The molecule has 21 heavy (non-hydrogen) atoms. The van der Waals surface area contributed by atoms with Crippen molar-refractivity contribution in [1.82, 2.24) is 10.6 Å². The van der Waals surface area contributed by atoms with E-state index < -0.39 is 0 Å². The molecule has 0 amide bonds. The van der Waals surface area contributed by atoms with E-state index in [1.165, 1.54) is 64.3 Å². The molecular weight excluding hydrogens is 256 g/mol. The fourth-order valence-electron chi connectivity index (χ4n) is 5.40. The Kier molecular flexibility index (Phi) is 4.95. The quantitative estimate of drug-likeness (QED) is 0.818. The summed E-state index contributed by atoms with van der Waals surface area (Å²) < 4.78 is 0. The fourth-order valence-corrected chi connectivity index (χ4v) is 5.40. The van der Waals surface area contributed by atoms with Gasteiger partial charge in [0.1, 0.15) is 0 Å². The molecule has 0 spiro atoms. The van der Waals surface area contributed by atoms with Crippen LogP contribution in [-0.2, 0) is 0 Å². The zero-order chi connectivity index (χ0) is 14.9. The van der Waals surface area contributed by atoms with Crippen molar-refractivity contribution in [1.29, 1.82) is 0 Å². The lowest BCUT2D eigenvalue weighted by Gasteiger charge is -2.43. The Morgan fingerprint density at radius 2 is 1.57 bits per heavy atom. The number of rotatable bonds is 3. The average Bonchev–Trinajstić information content (AvgIpc) is 3.08. The maximum atomic E-state index is 4.16. The summed E-state index contributed by atoms with van der Waals surface area (Å²) in [6.45, 7) is 8.59. The van der Waals surface area contributed by atoms with E-state index >= 15 is 0 Å². The highest BCUT2D eigenvalue weighted by atomic mass is 15.0. The molecule has 0 aromatic rings. The van der Waals surface area contributed by atoms with Gasteiger partial charge >= 0.3 is 0 Å². The van der Waals surface area contributed by atoms with Crippen LogP contribution in [0.2, 0.25) is 0 Å². The topological polar surface area (TPSA) is 24.1 Å². The van der Waals surface area contributed by atoms with Gasteiger partial charge < -0.3 is 10.6 Å². The second kappa shape index (κ2) is 6.58. The standard InChI is InChI=1S/C19H36N2/c1-19(2,3)15-9-4-5-10-18(15)21-17-11-6-8-14(17)16-12-7-13-20-16/h14-18,20-21H,4-13H2,1-3H3. The zero-order valence-electron chi connectivity index (χ0n) is 14.5. The molecule has 2 nitrogen and oxygen atoms in total. The highest BCUT2D eigenvalue weighted by molar-refractivity contribution is 4.97. The molecule has 0 aromatic heterocycles. The van der Waals surface area contributed by atoms with Gasteiger partial charge in [0.25, 0.3) is 0 Å². The highest BCUT2D eigenvalue weighted by Crippen LogP contribution is 2.40. The van der Waals surface area contributed by atoms with Crippen molar-refractivity contribution in [3.8, 4) is 0 Å². The zero-order valence-corrected chi connectivity index (χ0v) is 14.5. The highest BCUT2D eigenvalue weighted by Gasteiger charge is 2.39. The third-order valence-corrected chi connectivity index (χ3v) is 6.49. The van der Waals surface area contributed by atoms with Gasteiger partial charge in [0.2, 0.25) is 0 Å². The Morgan fingerprint density at radius 1 is 0.810 bits per heavy atom. The van der Waals surface area contributed by atoms with Crippen LogP contribution in [0.5, 0.6) is 0 Å². The first-order valence-electron chi connectivity index (χ1n) is 9.55. The molecule has 5 atom stereocenters. The average molecular weight is 293 g/mol. The van der Waals surface area contributed by atoms with Gasteiger partial charge in [0.05, 0.1) is 0 Å². The second-order valence-corrected chi connectivity index (χ2v) is 8.93. The van der Waals surface area contributed by atoms with Gasteiger partial charge in [0, 0.05) is 18.1 Å². The van der Waals surface area contributed by atoms with E-state index in [1.54, 1.807) is 0 Å². The summed E-state index contributed by atoms with van der Waals surface area (Å²) >= 11 is 0. The minimum Gasteiger partial charge on any atom is -0.314 e. The molecule has 0 radical (unpaired) electrons. The summed E-state index contributed by atoms with van der Waals surface area (Å²) in [5.41, 5.74) is 0.456. The summed E-state index contributed by atoms with van der Waals surface area (Å²) in [6, 6.07) is 2.36. The first kappa shape index (κ1) is 15.8. The monoisotopic (exact) mass is 292 g/mol. The lowest BCUT2D eigenvalue weighted by molar-refractivity contribution is 0.115. The first-order valence-corrected chi connectivity index (χ1v) is 9.55. The van der Waals surface area contributed by atoms with Crippen LogP contribution in [0.15, 0.2) is 0 Å². The third-order valence-electron chi connectivity index (χ3n) is 6.49. The summed E-state index contributed by atoms with van der Waals surface area (Å²) in [6.07, 6.45) is 12.8. The van der Waals surface area contributed by atoms with Gasteiger partial charge in [-0.2, -0.15) is 0 Å². The molecule has 1 aliphatic heterocycles. The number of nitrogens with one attached hydrogen (secondary N) is 2. The maximum absolute atomic E-state index is 4.16. The molecule has 122 valence electrons. The van der Waals surface area contributed by atoms with Crippen LogP contribution in [0.25, 0.3) is 0 Å². The number of hydrogen-bond acceptors (Lipinski definition) is 2. The Balaban J connectivity index is 1.63. The van der Waals surface area contributed by atoms with Crippen molar-refractivity contribution in [3.63, 3.8) is 0 Å². The predicted molar refractivity (Wildman–Crippen MR) is 90.5 cm³/mol. The van der Waals surface area contributed by atoms with Crippen LogP contribution in [0.1, 0.15) is 78.6 Å². The molecule has 1 saturated heterocycles. The van der Waals surface area contributed by atoms with Gasteiger partial charge in [-0.1, -0.05) is 40.0 Å². The van der Waals surface area contributed by atoms with Crippen LogP contribution < -0.4 is 10.6 Å². The van der Waals surface area contributed by atoms with E-state index in [9.17, 15) is 0 Å². The number of hydrogen-bond donors (Lipinski definition) is 2. The van der Waals surface area contributed by atoms with E-state index in [0.29, 0.717) is 5.41 Å². The minimum atomic E-state index is 0.456. The lowest BCUT2D eigenvalue weighted by atomic mass is 9.69. The van der Waals surface area contributed by atoms with Crippen molar-refractivity contribution in [2.45, 2.75) is 96.7 Å². The van der Waals surface area contributed by atoms with E-state index in [2.05, 4.69) is 31.4 Å². The Bertz CT molecular complexity index is 327. The van der Waals surface area contributed by atoms with E-state index in [1.807, 2.05) is 0 Å². The van der Waals surface area contributed by atoms with Gasteiger partial charge in [0.15, 0.2) is 0 Å². The molecule has 2 N–H and O–H groups in total. The normalized spacial score (nSPS) is 41.6. The molecule has 2 saturated carbocycles. The van der Waals surface area contributed by atoms with Gasteiger partial charge in [-0.15, -0.1) is 0 Å². The Labute approximate surface area is 131 Å². The first-order chi connectivity index (χ1) is 10.1. The van der Waals surface area contributed by atoms with Crippen molar-refractivity contribution < 1.29 is 0 Å². The molecular formula is C19H36N2. The lowest BCUT2D eigenvalue weighted by Crippen LogP contribution is -2.51. The summed E-state index contributed by atoms with van der Waals surface area (Å²) in [7, 11) is 0. The largest absolute Gasteiger partial charge is 0.314 e. The van der Waals surface area contributed by atoms with Crippen molar-refractivity contribution in [2.24, 2.45) is 17.3 Å². The maximum Gasteiger partial charge on any atom is 0.0113 e. The molecule has 2 aliphatic carbocycles. The Morgan fingerprint density at radius 3 is 2.29 bits per heavy atom. The summed E-state index contributed by atoms with van der Waals surface area (Å²) in [4.78, 5) is 0. The van der Waals surface area contributed by atoms with Gasteiger partial charge in [-0.3, -0.25) is 0 Å². The van der Waals surface area contributed by atoms with Crippen molar-refractivity contribution in [2.75, 3.05) is 6.54 Å². The molecule has 3 aliphatic rings. The second-order valence-electron chi connectivity index (χ2n) is 8.93. The van der Waals surface area contributed by atoms with E-state index in [-0.39, 0.29) is 0 Å². The summed E-state index contributed by atoms with van der Waals surface area (Å²) in [5.74, 6) is 1.76. The third kappa shape index (κ3) is 3.64. The van der Waals surface area contributed by atoms with Crippen molar-refractivity contribution >= 4 is 0 Å². The molecule has 0 bridgehead atoms. The van der Waals surface area contributed by atoms with E-state index in [4.69, 9.17) is 0 Å². The smallest absolute Gasteiger partial charge is 0.0113 e. The van der Waals surface area contributed by atoms with Crippen LogP contribution >= 0.6 is 0 Å². The van der Waals surface area contributed by atoms with Crippen LogP contribution in [0.4, 0.5) is 0 Å². The molecule has 3 rings (SSSR count). The van der Waals surface area contributed by atoms with Gasteiger partial charge in [-0.25, -0.2) is 0 Å². The molecule has 1 heterocycles. The fraction of sp³-hybridized carbons (Fsp3) is 1.00. The van der Waals surface area contributed by atoms with E-state index in [0.717, 1.165) is 30.0 Å². The van der Waals surface area contributed by atoms with Crippen LogP contribution in [0, 0.1) is 17.3 Å². The van der Waals surface area contributed by atoms with Gasteiger partial charge in [-0.05, 0) is 62.3 Å². The van der Waals surface area contributed by atoms with Crippen molar-refractivity contribution in [3.05, 3.63) is 0 Å². The van der Waals surface area contributed by atoms with Crippen LogP contribution in [0.3, 0.4) is 0 Å². The minimum absolute atomic E-state index is 0.456. The molecule has 3 fully saturated rings. The molecule has 0 aromatic carbocycles. The Hall–Kier alpha value is -0.0800. The molecule has 5 unspecified atom stereocenters. The molecule has 2 heteroatoms.